The molecular weight excluding hydrogens is 262 g/mol. The highest BCUT2D eigenvalue weighted by molar-refractivity contribution is 5.45. The topological polar surface area (TPSA) is 105 Å². The Kier molecular flexibility index (Phi) is 5.51. The number of phenolic OH excluding ortho intramolecular Hbond substituents is 1. The molecule has 2 aromatic carbocycles. The first-order valence-electron chi connectivity index (χ1n) is 5.39. The van der Waals surface area contributed by atoms with Crippen molar-refractivity contribution in [1.29, 1.82) is 0 Å². The van der Waals surface area contributed by atoms with Gasteiger partial charge in [-0.3, -0.25) is 10.1 Å². The molecule has 0 fully saturated rings. The fourth-order valence-corrected chi connectivity index (χ4v) is 1.28. The van der Waals surface area contributed by atoms with Gasteiger partial charge in [-0.2, -0.15) is 10.2 Å². The zero-order chi connectivity index (χ0) is 15.0. The van der Waals surface area contributed by atoms with Gasteiger partial charge in [0, 0.05) is 12.1 Å². The third-order valence-corrected chi connectivity index (χ3v) is 2.19. The standard InChI is InChI=1S/C12H9N3O3.CH2O/c16-12-7-3-10(4-8-12)14-13-9-1-5-11(6-2-9)15(17)18;1-2/h1-8,16H;1H2. The maximum atomic E-state index is 10.5. The predicted molar refractivity (Wildman–Crippen MR) is 72.5 cm³/mol. The molecule has 0 atom stereocenters. The summed E-state index contributed by atoms with van der Waals surface area (Å²) in [5.41, 5.74) is 1.12. The zero-order valence-corrected chi connectivity index (χ0v) is 10.3. The van der Waals surface area contributed by atoms with E-state index in [1.807, 2.05) is 6.79 Å². The van der Waals surface area contributed by atoms with Crippen molar-refractivity contribution in [2.24, 2.45) is 10.2 Å². The van der Waals surface area contributed by atoms with E-state index in [9.17, 15) is 10.1 Å². The highest BCUT2D eigenvalue weighted by Gasteiger charge is 2.02. The predicted octanol–water partition coefficient (Wildman–Crippen LogP) is 3.53. The molecule has 0 bridgehead atoms. The molecule has 0 amide bonds. The fraction of sp³-hybridized carbons (Fsp3) is 0. The number of phenols is 1. The summed E-state index contributed by atoms with van der Waals surface area (Å²) in [7, 11) is 0. The number of non-ortho nitro benzene ring substituents is 1. The quantitative estimate of drug-likeness (QED) is 0.524. The van der Waals surface area contributed by atoms with Crippen LogP contribution < -0.4 is 0 Å². The lowest BCUT2D eigenvalue weighted by Crippen LogP contribution is -1.85. The molecule has 0 heterocycles. The van der Waals surface area contributed by atoms with Crippen molar-refractivity contribution in [3.8, 4) is 5.75 Å². The Balaban J connectivity index is 0.000000956. The average Bonchev–Trinajstić information content (AvgIpc) is 2.49. The lowest BCUT2D eigenvalue weighted by atomic mass is 10.3. The second-order valence-corrected chi connectivity index (χ2v) is 3.49. The van der Waals surface area contributed by atoms with Crippen molar-refractivity contribution < 1.29 is 14.8 Å². The minimum absolute atomic E-state index is 0.0126. The van der Waals surface area contributed by atoms with Crippen molar-refractivity contribution in [3.05, 3.63) is 58.6 Å². The number of nitro benzene ring substituents is 1. The van der Waals surface area contributed by atoms with Gasteiger partial charge in [-0.1, -0.05) is 0 Å². The van der Waals surface area contributed by atoms with Gasteiger partial charge >= 0.3 is 0 Å². The van der Waals surface area contributed by atoms with Gasteiger partial charge in [-0.05, 0) is 36.4 Å². The Morgan fingerprint density at radius 2 is 1.30 bits per heavy atom. The second-order valence-electron chi connectivity index (χ2n) is 3.49. The fourth-order valence-electron chi connectivity index (χ4n) is 1.28. The lowest BCUT2D eigenvalue weighted by molar-refractivity contribution is -0.384. The Morgan fingerprint density at radius 3 is 1.70 bits per heavy atom. The van der Waals surface area contributed by atoms with Gasteiger partial charge in [-0.25, -0.2) is 0 Å². The molecule has 0 aliphatic heterocycles. The van der Waals surface area contributed by atoms with Crippen molar-refractivity contribution >= 4 is 23.9 Å². The van der Waals surface area contributed by atoms with Crippen LogP contribution in [0.3, 0.4) is 0 Å². The van der Waals surface area contributed by atoms with Gasteiger partial charge in [0.25, 0.3) is 5.69 Å². The van der Waals surface area contributed by atoms with Crippen LogP contribution in [0.5, 0.6) is 5.75 Å². The number of azo groups is 1. The summed E-state index contributed by atoms with van der Waals surface area (Å²) in [4.78, 5) is 18.0. The molecule has 0 radical (unpaired) electrons. The first kappa shape index (κ1) is 15.0. The van der Waals surface area contributed by atoms with E-state index < -0.39 is 4.92 Å². The number of hydrogen-bond acceptors (Lipinski definition) is 6. The number of carbonyl (C=O) groups is 1. The third kappa shape index (κ3) is 4.30. The Bertz CT molecular complexity index is 594. The van der Waals surface area contributed by atoms with Crippen LogP contribution in [0, 0.1) is 10.1 Å². The van der Waals surface area contributed by atoms with Crippen LogP contribution in [-0.2, 0) is 4.79 Å². The number of nitrogens with zero attached hydrogens (tertiary/aromatic N) is 3. The summed E-state index contributed by atoms with van der Waals surface area (Å²) >= 11 is 0. The molecule has 7 nitrogen and oxygen atoms in total. The maximum absolute atomic E-state index is 10.5. The van der Waals surface area contributed by atoms with Gasteiger partial charge in [0.2, 0.25) is 0 Å². The molecule has 7 heteroatoms. The van der Waals surface area contributed by atoms with Crippen LogP contribution in [0.4, 0.5) is 17.1 Å². The molecule has 0 aliphatic rings. The van der Waals surface area contributed by atoms with E-state index in [2.05, 4.69) is 10.2 Å². The smallest absolute Gasteiger partial charge is 0.269 e. The molecular formula is C13H11N3O4. The van der Waals surface area contributed by atoms with E-state index in [1.54, 1.807) is 12.1 Å². The van der Waals surface area contributed by atoms with E-state index >= 15 is 0 Å². The largest absolute Gasteiger partial charge is 0.508 e. The van der Waals surface area contributed by atoms with Gasteiger partial charge in [0.05, 0.1) is 16.3 Å². The normalized spacial score (nSPS) is 9.80. The summed E-state index contributed by atoms with van der Waals surface area (Å²) in [6.45, 7) is 2.00. The zero-order valence-electron chi connectivity index (χ0n) is 10.3. The summed E-state index contributed by atoms with van der Waals surface area (Å²) < 4.78 is 0. The molecule has 0 aromatic heterocycles. The van der Waals surface area contributed by atoms with Gasteiger partial charge in [0.1, 0.15) is 12.5 Å². The van der Waals surface area contributed by atoms with Crippen LogP contribution >= 0.6 is 0 Å². The highest BCUT2D eigenvalue weighted by atomic mass is 16.6. The van der Waals surface area contributed by atoms with Crippen LogP contribution in [0.25, 0.3) is 0 Å². The van der Waals surface area contributed by atoms with Gasteiger partial charge in [-0.15, -0.1) is 0 Å². The Hall–Kier alpha value is -3.09. The van der Waals surface area contributed by atoms with E-state index in [-0.39, 0.29) is 11.4 Å². The third-order valence-electron chi connectivity index (χ3n) is 2.19. The minimum atomic E-state index is -0.471. The van der Waals surface area contributed by atoms with Crippen molar-refractivity contribution in [2.45, 2.75) is 0 Å². The molecule has 2 rings (SSSR count). The average molecular weight is 273 g/mol. The molecule has 0 unspecified atom stereocenters. The molecule has 0 spiro atoms. The van der Waals surface area contributed by atoms with E-state index in [1.165, 1.54) is 36.4 Å². The molecule has 20 heavy (non-hydrogen) atoms. The van der Waals surface area contributed by atoms with Crippen molar-refractivity contribution in [3.63, 3.8) is 0 Å². The first-order valence-corrected chi connectivity index (χ1v) is 5.39. The monoisotopic (exact) mass is 273 g/mol. The maximum Gasteiger partial charge on any atom is 0.269 e. The molecule has 0 saturated carbocycles. The number of hydrogen-bond donors (Lipinski definition) is 1. The number of benzene rings is 2. The van der Waals surface area contributed by atoms with E-state index in [4.69, 9.17) is 9.90 Å². The molecule has 0 saturated heterocycles. The van der Waals surface area contributed by atoms with Crippen molar-refractivity contribution in [1.82, 2.24) is 0 Å². The van der Waals surface area contributed by atoms with Crippen LogP contribution in [0.2, 0.25) is 0 Å². The number of nitro groups is 1. The van der Waals surface area contributed by atoms with Crippen LogP contribution in [0.15, 0.2) is 58.8 Å². The summed E-state index contributed by atoms with van der Waals surface area (Å²) in [5, 5.41) is 27.4. The summed E-state index contributed by atoms with van der Waals surface area (Å²) in [5.74, 6) is 0.157. The number of rotatable bonds is 3. The lowest BCUT2D eigenvalue weighted by Gasteiger charge is -1.94. The van der Waals surface area contributed by atoms with Crippen molar-refractivity contribution in [2.75, 3.05) is 0 Å². The SMILES string of the molecule is C=O.O=[N+]([O-])c1ccc(N=Nc2ccc(O)cc2)cc1. The number of aromatic hydroxyl groups is 1. The van der Waals surface area contributed by atoms with Crippen LogP contribution in [0.1, 0.15) is 0 Å². The molecule has 2 aromatic rings. The second kappa shape index (κ2) is 7.37. The highest BCUT2D eigenvalue weighted by Crippen LogP contribution is 2.22. The summed E-state index contributed by atoms with van der Waals surface area (Å²) in [6.07, 6.45) is 0. The van der Waals surface area contributed by atoms with Gasteiger partial charge < -0.3 is 9.90 Å². The Morgan fingerprint density at radius 1 is 0.900 bits per heavy atom. The molecule has 0 aliphatic carbocycles. The van der Waals surface area contributed by atoms with E-state index in [0.29, 0.717) is 11.4 Å². The number of carbonyl (C=O) groups excluding carboxylic acids is 1. The Labute approximate surface area is 114 Å². The van der Waals surface area contributed by atoms with E-state index in [0.717, 1.165) is 0 Å². The molecule has 1 N–H and O–H groups in total. The first-order chi connectivity index (χ1) is 9.65. The van der Waals surface area contributed by atoms with Crippen LogP contribution in [-0.4, -0.2) is 16.8 Å². The summed E-state index contributed by atoms with van der Waals surface area (Å²) in [6, 6.07) is 12.0. The minimum Gasteiger partial charge on any atom is -0.508 e. The van der Waals surface area contributed by atoms with Gasteiger partial charge in [0.15, 0.2) is 0 Å². The molecule has 102 valence electrons.